The number of rotatable bonds is 2. The third-order valence-electron chi connectivity index (χ3n) is 2.38. The van der Waals surface area contributed by atoms with Crippen LogP contribution in [0.2, 0.25) is 0 Å². The third-order valence-corrected chi connectivity index (χ3v) is 2.56. The van der Waals surface area contributed by atoms with Crippen molar-refractivity contribution >= 4 is 28.4 Å². The molecule has 0 fully saturated rings. The van der Waals surface area contributed by atoms with Gasteiger partial charge in [0, 0.05) is 0 Å². The van der Waals surface area contributed by atoms with Crippen molar-refractivity contribution < 1.29 is 13.2 Å². The summed E-state index contributed by atoms with van der Waals surface area (Å²) in [7, 11) is 0. The number of hydrogen-bond donors (Lipinski definition) is 0. The van der Waals surface area contributed by atoms with Crippen LogP contribution in [0.4, 0.5) is 13.2 Å². The molecule has 0 aliphatic heterocycles. The van der Waals surface area contributed by atoms with Crippen molar-refractivity contribution in [3.63, 3.8) is 0 Å². The lowest BCUT2D eigenvalue weighted by atomic mass is 10.0. The normalized spacial score (nSPS) is 13.1. The van der Waals surface area contributed by atoms with E-state index in [4.69, 9.17) is 0 Å². The first-order chi connectivity index (χ1) is 7.98. The third kappa shape index (κ3) is 2.61. The summed E-state index contributed by atoms with van der Waals surface area (Å²) in [5.41, 5.74) is 0.376. The van der Waals surface area contributed by atoms with E-state index >= 15 is 0 Å². The zero-order chi connectivity index (χ0) is 12.5. The lowest BCUT2D eigenvalue weighted by Crippen LogP contribution is -2.05. The minimum Gasteiger partial charge on any atom is -0.204 e. The van der Waals surface area contributed by atoms with Gasteiger partial charge >= 0.3 is 5.38 Å². The van der Waals surface area contributed by atoms with Crippen LogP contribution in [0.15, 0.2) is 48.3 Å². The van der Waals surface area contributed by atoms with Crippen LogP contribution in [-0.4, -0.2) is 5.38 Å². The Morgan fingerprint density at radius 1 is 1.06 bits per heavy atom. The molecule has 0 amide bonds. The van der Waals surface area contributed by atoms with E-state index in [9.17, 15) is 13.2 Å². The van der Waals surface area contributed by atoms with Crippen molar-refractivity contribution in [2.24, 2.45) is 0 Å². The van der Waals surface area contributed by atoms with Gasteiger partial charge in [-0.3, -0.25) is 0 Å². The molecule has 0 aliphatic carbocycles. The van der Waals surface area contributed by atoms with Gasteiger partial charge in [0.2, 0.25) is 0 Å². The summed E-state index contributed by atoms with van der Waals surface area (Å²) in [5.74, 6) is -1.66. The van der Waals surface area contributed by atoms with E-state index < -0.39 is 11.2 Å². The van der Waals surface area contributed by atoms with E-state index in [-0.39, 0.29) is 0 Å². The van der Waals surface area contributed by atoms with E-state index in [1.807, 2.05) is 18.2 Å². The molecule has 4 heteroatoms. The Labute approximate surface area is 101 Å². The van der Waals surface area contributed by atoms with Crippen LogP contribution in [0.3, 0.4) is 0 Å². The Morgan fingerprint density at radius 2 is 1.71 bits per heavy atom. The molecule has 0 N–H and O–H groups in total. The van der Waals surface area contributed by atoms with Gasteiger partial charge in [-0.2, -0.15) is 8.78 Å². The monoisotopic (exact) mass is 256 g/mol. The molecular formula is C13H8ClF3. The predicted molar refractivity (Wildman–Crippen MR) is 63.8 cm³/mol. The minimum atomic E-state index is -3.96. The molecule has 0 nitrogen and oxygen atoms in total. The Hall–Kier alpha value is -1.48. The van der Waals surface area contributed by atoms with Crippen LogP contribution in [0.25, 0.3) is 16.8 Å². The highest BCUT2D eigenvalue weighted by Crippen LogP contribution is 2.32. The van der Waals surface area contributed by atoms with Gasteiger partial charge in [-0.1, -0.05) is 42.5 Å². The number of alkyl halides is 3. The second kappa shape index (κ2) is 4.41. The summed E-state index contributed by atoms with van der Waals surface area (Å²) in [6.45, 7) is 0. The van der Waals surface area contributed by atoms with Crippen LogP contribution in [0.5, 0.6) is 0 Å². The van der Waals surface area contributed by atoms with Crippen molar-refractivity contribution in [2.75, 3.05) is 0 Å². The molecule has 0 aromatic heterocycles. The van der Waals surface area contributed by atoms with Crippen molar-refractivity contribution in [3.8, 4) is 0 Å². The molecule has 0 bridgehead atoms. The lowest BCUT2D eigenvalue weighted by molar-refractivity contribution is 0.112. The van der Waals surface area contributed by atoms with Gasteiger partial charge in [-0.25, -0.2) is 4.39 Å². The van der Waals surface area contributed by atoms with Crippen LogP contribution in [0, 0.1) is 0 Å². The number of halogens is 4. The standard InChI is InChI=1S/C13H8ClF3/c14-13(16,17)12(15)8-10-6-3-5-9-4-1-2-7-11(9)10/h1-8H/b12-8+. The maximum atomic E-state index is 13.1. The summed E-state index contributed by atoms with van der Waals surface area (Å²) in [6, 6.07) is 12.2. The molecule has 0 radical (unpaired) electrons. The highest BCUT2D eigenvalue weighted by molar-refractivity contribution is 6.23. The fourth-order valence-corrected chi connectivity index (χ4v) is 1.65. The number of fused-ring (bicyclic) bond motifs is 1. The number of allylic oxidation sites excluding steroid dienone is 1. The van der Waals surface area contributed by atoms with E-state index in [0.29, 0.717) is 10.9 Å². The SMILES string of the molecule is F/C(=C/c1cccc2ccccc12)C(F)(F)Cl. The Morgan fingerprint density at radius 3 is 2.41 bits per heavy atom. The highest BCUT2D eigenvalue weighted by atomic mass is 35.5. The lowest BCUT2D eigenvalue weighted by Gasteiger charge is -2.06. The average molecular weight is 257 g/mol. The maximum absolute atomic E-state index is 13.1. The molecule has 0 saturated carbocycles. The molecule has 0 heterocycles. The molecule has 0 unspecified atom stereocenters. The molecule has 0 aliphatic rings. The van der Waals surface area contributed by atoms with Crippen molar-refractivity contribution in [3.05, 3.63) is 53.9 Å². The highest BCUT2D eigenvalue weighted by Gasteiger charge is 2.31. The minimum absolute atomic E-state index is 0.376. The van der Waals surface area contributed by atoms with Crippen LogP contribution in [-0.2, 0) is 0 Å². The predicted octanol–water partition coefficient (Wildman–Crippen LogP) is 4.98. The average Bonchev–Trinajstić information content (AvgIpc) is 2.28. The largest absolute Gasteiger partial charge is 0.373 e. The van der Waals surface area contributed by atoms with Crippen LogP contribution < -0.4 is 0 Å². The van der Waals surface area contributed by atoms with E-state index in [1.54, 1.807) is 24.3 Å². The van der Waals surface area contributed by atoms with Gasteiger partial charge in [-0.15, -0.1) is 0 Å². The molecule has 88 valence electrons. The van der Waals surface area contributed by atoms with E-state index in [0.717, 1.165) is 11.5 Å². The molecule has 17 heavy (non-hydrogen) atoms. The topological polar surface area (TPSA) is 0 Å². The van der Waals surface area contributed by atoms with E-state index in [1.165, 1.54) is 0 Å². The first-order valence-corrected chi connectivity index (χ1v) is 5.28. The first kappa shape index (κ1) is 12.0. The van der Waals surface area contributed by atoms with Crippen molar-refractivity contribution in [2.45, 2.75) is 5.38 Å². The summed E-state index contributed by atoms with van der Waals surface area (Å²) in [5, 5.41) is -2.41. The Bertz CT molecular complexity index is 565. The summed E-state index contributed by atoms with van der Waals surface area (Å²) in [4.78, 5) is 0. The second-order valence-electron chi connectivity index (χ2n) is 3.56. The zero-order valence-electron chi connectivity index (χ0n) is 8.63. The van der Waals surface area contributed by atoms with Crippen molar-refractivity contribution in [1.82, 2.24) is 0 Å². The van der Waals surface area contributed by atoms with Gasteiger partial charge in [0.05, 0.1) is 0 Å². The van der Waals surface area contributed by atoms with Gasteiger partial charge in [-0.05, 0) is 34.0 Å². The zero-order valence-corrected chi connectivity index (χ0v) is 9.39. The summed E-state index contributed by atoms with van der Waals surface area (Å²) in [6.07, 6.45) is 0.759. The molecule has 2 aromatic rings. The van der Waals surface area contributed by atoms with Crippen LogP contribution >= 0.6 is 11.6 Å². The smallest absolute Gasteiger partial charge is 0.204 e. The Kier molecular flexibility index (Phi) is 3.11. The molecular weight excluding hydrogens is 249 g/mol. The van der Waals surface area contributed by atoms with E-state index in [2.05, 4.69) is 11.6 Å². The molecule has 2 aromatic carbocycles. The molecule has 0 spiro atoms. The number of benzene rings is 2. The fourth-order valence-electron chi connectivity index (χ4n) is 1.59. The molecule has 2 rings (SSSR count). The van der Waals surface area contributed by atoms with Gasteiger partial charge in [0.1, 0.15) is 0 Å². The maximum Gasteiger partial charge on any atom is 0.373 e. The van der Waals surface area contributed by atoms with Crippen LogP contribution in [0.1, 0.15) is 5.56 Å². The molecule has 0 atom stereocenters. The second-order valence-corrected chi connectivity index (χ2v) is 4.03. The van der Waals surface area contributed by atoms with Gasteiger partial charge in [0.15, 0.2) is 5.83 Å². The molecule has 0 saturated heterocycles. The quantitative estimate of drug-likeness (QED) is 0.665. The van der Waals surface area contributed by atoms with Gasteiger partial charge < -0.3 is 0 Å². The Balaban J connectivity index is 2.57. The van der Waals surface area contributed by atoms with Crippen molar-refractivity contribution in [1.29, 1.82) is 0 Å². The number of hydrogen-bond acceptors (Lipinski definition) is 0. The summed E-state index contributed by atoms with van der Waals surface area (Å²) >= 11 is 4.61. The fraction of sp³-hybridized carbons (Fsp3) is 0.0769. The van der Waals surface area contributed by atoms with Gasteiger partial charge in [0.25, 0.3) is 0 Å². The summed E-state index contributed by atoms with van der Waals surface area (Å²) < 4.78 is 38.1. The first-order valence-electron chi connectivity index (χ1n) is 4.90.